The Morgan fingerprint density at radius 2 is 2.24 bits per heavy atom. The van der Waals surface area contributed by atoms with Crippen molar-refractivity contribution >= 4 is 43.5 Å². The molecule has 1 fully saturated rings. The molecule has 1 atom stereocenters. The Morgan fingerprint density at radius 1 is 1.52 bits per heavy atom. The van der Waals surface area contributed by atoms with Crippen LogP contribution in [-0.4, -0.2) is 33.6 Å². The number of primary sulfonamides is 1. The zero-order valence-corrected chi connectivity index (χ0v) is 14.1. The molecule has 0 aliphatic carbocycles. The molecule has 1 aromatic rings. The van der Waals surface area contributed by atoms with E-state index in [1.165, 1.54) is 6.07 Å². The number of benzene rings is 1. The molecule has 1 aromatic carbocycles. The predicted molar refractivity (Wildman–Crippen MR) is 81.8 cm³/mol. The molecule has 1 unspecified atom stereocenters. The van der Waals surface area contributed by atoms with Gasteiger partial charge in [0.25, 0.3) is 5.91 Å². The van der Waals surface area contributed by atoms with Gasteiger partial charge in [-0.25, -0.2) is 13.6 Å². The average molecular weight is 398 g/mol. The smallest absolute Gasteiger partial charge is 0.252 e. The topological polar surface area (TPSA) is 98.5 Å². The quantitative estimate of drug-likeness (QED) is 0.807. The highest BCUT2D eigenvalue weighted by Gasteiger charge is 2.21. The number of sulfonamides is 1. The van der Waals surface area contributed by atoms with Crippen molar-refractivity contribution in [2.75, 3.05) is 13.2 Å². The Bertz CT molecular complexity index is 659. The minimum atomic E-state index is -3.95. The first-order valence-electron chi connectivity index (χ1n) is 6.20. The average Bonchev–Trinajstić information content (AvgIpc) is 2.87. The number of hydrogen-bond acceptors (Lipinski definition) is 4. The molecule has 1 aliphatic heterocycles. The van der Waals surface area contributed by atoms with Gasteiger partial charge in [-0.2, -0.15) is 0 Å². The molecule has 116 valence electrons. The van der Waals surface area contributed by atoms with E-state index in [9.17, 15) is 13.2 Å². The van der Waals surface area contributed by atoms with Crippen LogP contribution >= 0.6 is 27.5 Å². The second-order valence-electron chi connectivity index (χ2n) is 4.65. The lowest BCUT2D eigenvalue weighted by atomic mass is 10.2. The first-order chi connectivity index (χ1) is 9.79. The Balaban J connectivity index is 2.20. The van der Waals surface area contributed by atoms with Gasteiger partial charge in [0.05, 0.1) is 21.6 Å². The summed E-state index contributed by atoms with van der Waals surface area (Å²) in [5.41, 5.74) is 0.0573. The molecule has 0 bridgehead atoms. The fraction of sp³-hybridized carbons (Fsp3) is 0.417. The van der Waals surface area contributed by atoms with Crippen LogP contribution in [0, 0.1) is 0 Å². The maximum absolute atomic E-state index is 12.1. The van der Waals surface area contributed by atoms with E-state index in [1.807, 2.05) is 0 Å². The van der Waals surface area contributed by atoms with Crippen LogP contribution in [0.1, 0.15) is 23.2 Å². The van der Waals surface area contributed by atoms with Gasteiger partial charge in [0.2, 0.25) is 10.0 Å². The van der Waals surface area contributed by atoms with Crippen LogP contribution in [0.4, 0.5) is 0 Å². The maximum atomic E-state index is 12.1. The number of rotatable bonds is 4. The van der Waals surface area contributed by atoms with Crippen LogP contribution in [0.3, 0.4) is 0 Å². The third kappa shape index (κ3) is 4.17. The molecule has 1 saturated heterocycles. The lowest BCUT2D eigenvalue weighted by Crippen LogP contribution is -2.32. The number of carbonyl (C=O) groups excluding carboxylic acids is 1. The van der Waals surface area contributed by atoms with Crippen molar-refractivity contribution in [3.63, 3.8) is 0 Å². The number of ether oxygens (including phenoxy) is 1. The Morgan fingerprint density at radius 3 is 2.81 bits per heavy atom. The molecule has 9 heteroatoms. The Labute approximate surface area is 136 Å². The summed E-state index contributed by atoms with van der Waals surface area (Å²) < 4.78 is 28.5. The van der Waals surface area contributed by atoms with Crippen molar-refractivity contribution < 1.29 is 17.9 Å². The minimum absolute atomic E-state index is 0.0131. The number of nitrogens with two attached hydrogens (primary N) is 1. The van der Waals surface area contributed by atoms with Crippen molar-refractivity contribution in [3.05, 3.63) is 27.2 Å². The van der Waals surface area contributed by atoms with Crippen LogP contribution in [-0.2, 0) is 14.8 Å². The van der Waals surface area contributed by atoms with Gasteiger partial charge >= 0.3 is 0 Å². The summed E-state index contributed by atoms with van der Waals surface area (Å²) in [6.07, 6.45) is 1.84. The van der Waals surface area contributed by atoms with Gasteiger partial charge in [-0.05, 0) is 40.9 Å². The van der Waals surface area contributed by atoms with Gasteiger partial charge in [0.15, 0.2) is 0 Å². The van der Waals surface area contributed by atoms with Crippen molar-refractivity contribution in [2.45, 2.75) is 23.8 Å². The van der Waals surface area contributed by atoms with E-state index in [2.05, 4.69) is 21.2 Å². The fourth-order valence-electron chi connectivity index (χ4n) is 2.03. The molecule has 6 nitrogen and oxygen atoms in total. The van der Waals surface area contributed by atoms with Crippen molar-refractivity contribution in [2.24, 2.45) is 5.14 Å². The second kappa shape index (κ2) is 6.62. The zero-order chi connectivity index (χ0) is 15.6. The van der Waals surface area contributed by atoms with Crippen molar-refractivity contribution in [3.8, 4) is 0 Å². The molecule has 0 radical (unpaired) electrons. The van der Waals surface area contributed by atoms with E-state index in [4.69, 9.17) is 21.5 Å². The monoisotopic (exact) mass is 396 g/mol. The Kier molecular flexibility index (Phi) is 5.26. The lowest BCUT2D eigenvalue weighted by molar-refractivity contribution is 0.0857. The number of amides is 1. The molecule has 0 saturated carbocycles. The van der Waals surface area contributed by atoms with E-state index in [-0.39, 0.29) is 26.1 Å². The molecule has 3 N–H and O–H groups in total. The molecule has 1 amide bonds. The summed E-state index contributed by atoms with van der Waals surface area (Å²) in [6, 6.07) is 2.49. The maximum Gasteiger partial charge on any atom is 0.252 e. The molecular weight excluding hydrogens is 384 g/mol. The van der Waals surface area contributed by atoms with Gasteiger partial charge in [-0.1, -0.05) is 11.6 Å². The second-order valence-corrected chi connectivity index (χ2v) is 7.44. The summed E-state index contributed by atoms with van der Waals surface area (Å²) in [4.78, 5) is 11.9. The molecule has 1 aliphatic rings. The van der Waals surface area contributed by atoms with Gasteiger partial charge in [-0.15, -0.1) is 0 Å². The molecule has 0 aromatic heterocycles. The number of nitrogens with one attached hydrogen (secondary N) is 1. The molecular formula is C12H14BrClN2O4S. The number of hydrogen-bond donors (Lipinski definition) is 2. The highest BCUT2D eigenvalue weighted by molar-refractivity contribution is 9.10. The molecule has 2 rings (SSSR count). The predicted octanol–water partition coefficient (Wildman–Crippen LogP) is 1.66. The highest BCUT2D eigenvalue weighted by Crippen LogP contribution is 2.28. The SMILES string of the molecule is NS(=O)(=O)c1cc(C(=O)NCC2CCCO2)c(Cl)cc1Br. The van der Waals surface area contributed by atoms with E-state index >= 15 is 0 Å². The molecule has 21 heavy (non-hydrogen) atoms. The zero-order valence-electron chi connectivity index (χ0n) is 10.9. The molecule has 0 spiro atoms. The lowest BCUT2D eigenvalue weighted by Gasteiger charge is -2.12. The summed E-state index contributed by atoms with van der Waals surface area (Å²) in [7, 11) is -3.95. The molecule has 1 heterocycles. The third-order valence-corrected chi connectivity index (χ3v) is 5.27. The van der Waals surface area contributed by atoms with E-state index in [0.717, 1.165) is 18.9 Å². The van der Waals surface area contributed by atoms with Crippen LogP contribution in [0.15, 0.2) is 21.5 Å². The first kappa shape index (κ1) is 16.7. The van der Waals surface area contributed by atoms with Crippen LogP contribution < -0.4 is 10.5 Å². The van der Waals surface area contributed by atoms with Crippen LogP contribution in [0.5, 0.6) is 0 Å². The van der Waals surface area contributed by atoms with Gasteiger partial charge < -0.3 is 10.1 Å². The van der Waals surface area contributed by atoms with Crippen molar-refractivity contribution in [1.29, 1.82) is 0 Å². The van der Waals surface area contributed by atoms with Gasteiger partial charge in [0, 0.05) is 17.6 Å². The normalized spacial score (nSPS) is 18.7. The summed E-state index contributed by atoms with van der Waals surface area (Å²) in [5, 5.41) is 7.92. The first-order valence-corrected chi connectivity index (χ1v) is 8.92. The number of halogens is 2. The summed E-state index contributed by atoms with van der Waals surface area (Å²) in [6.45, 7) is 1.05. The highest BCUT2D eigenvalue weighted by atomic mass is 79.9. The van der Waals surface area contributed by atoms with Crippen LogP contribution in [0.2, 0.25) is 5.02 Å². The minimum Gasteiger partial charge on any atom is -0.376 e. The standard InChI is InChI=1S/C12H14BrClN2O4S/c13-9-5-10(14)8(4-11(9)21(15,18)19)12(17)16-6-7-2-1-3-20-7/h4-5,7H,1-3,6H2,(H,16,17)(H2,15,18,19). The largest absolute Gasteiger partial charge is 0.376 e. The van der Waals surface area contributed by atoms with Gasteiger partial charge in [0.1, 0.15) is 0 Å². The third-order valence-electron chi connectivity index (χ3n) is 3.09. The summed E-state index contributed by atoms with van der Waals surface area (Å²) >= 11 is 9.05. The Hall–Kier alpha value is -0.670. The number of carbonyl (C=O) groups is 1. The van der Waals surface area contributed by atoms with E-state index in [1.54, 1.807) is 0 Å². The van der Waals surface area contributed by atoms with E-state index < -0.39 is 15.9 Å². The van der Waals surface area contributed by atoms with E-state index in [0.29, 0.717) is 13.2 Å². The fourth-order valence-corrected chi connectivity index (χ4v) is 4.04. The van der Waals surface area contributed by atoms with Gasteiger partial charge in [-0.3, -0.25) is 4.79 Å². The van der Waals surface area contributed by atoms with Crippen molar-refractivity contribution in [1.82, 2.24) is 5.32 Å². The summed E-state index contributed by atoms with van der Waals surface area (Å²) in [5.74, 6) is -0.465. The van der Waals surface area contributed by atoms with Crippen LogP contribution in [0.25, 0.3) is 0 Å².